The maximum Gasteiger partial charge on any atom is 0.460 e. The van der Waals surface area contributed by atoms with E-state index >= 15 is 0 Å². The van der Waals surface area contributed by atoms with Crippen LogP contribution in [0, 0.1) is 11.3 Å². The number of nitriles is 1. The zero-order valence-corrected chi connectivity index (χ0v) is 13.9. The maximum atomic E-state index is 13.8. The summed E-state index contributed by atoms with van der Waals surface area (Å²) in [7, 11) is 0. The van der Waals surface area contributed by atoms with Gasteiger partial charge in [0.1, 0.15) is 0 Å². The predicted molar refractivity (Wildman–Crippen MR) is 71.5 cm³/mol. The average Bonchev–Trinajstić information content (AvgIpc) is 2.59. The normalized spacial score (nSPS) is 15.6. The summed E-state index contributed by atoms with van der Waals surface area (Å²) in [5.41, 5.74) is -1.46. The molecule has 0 aliphatic heterocycles. The van der Waals surface area contributed by atoms with E-state index in [1.54, 1.807) is 0 Å². The lowest BCUT2D eigenvalue weighted by atomic mass is 9.89. The van der Waals surface area contributed by atoms with E-state index in [1.807, 2.05) is 0 Å². The summed E-state index contributed by atoms with van der Waals surface area (Å²) >= 11 is 0. The van der Waals surface area contributed by atoms with Crippen LogP contribution in [0.2, 0.25) is 0 Å². The van der Waals surface area contributed by atoms with E-state index in [2.05, 4.69) is 0 Å². The molecule has 0 saturated heterocycles. The summed E-state index contributed by atoms with van der Waals surface area (Å²) in [6, 6.07) is 4.95. The summed E-state index contributed by atoms with van der Waals surface area (Å²) in [6.45, 7) is 0. The molecular weight excluding hydrogens is 457 g/mol. The molecule has 0 bridgehead atoms. The molecule has 15 heteroatoms. The first-order valence-corrected chi connectivity index (χ1v) is 7.32. The number of rotatable bonds is 7. The first-order chi connectivity index (χ1) is 13.2. The zero-order chi connectivity index (χ0) is 24.0. The van der Waals surface area contributed by atoms with Gasteiger partial charge in [0, 0.05) is 6.42 Å². The lowest BCUT2D eigenvalue weighted by Gasteiger charge is -2.40. The summed E-state index contributed by atoms with van der Waals surface area (Å²) in [6.07, 6.45) is -13.2. The molecule has 1 atom stereocenters. The van der Waals surface area contributed by atoms with E-state index in [-0.39, 0.29) is 0 Å². The van der Waals surface area contributed by atoms with Crippen LogP contribution in [0.15, 0.2) is 24.3 Å². The molecule has 30 heavy (non-hydrogen) atoms. The molecule has 0 spiro atoms. The third kappa shape index (κ3) is 3.77. The Morgan fingerprint density at radius 3 is 1.60 bits per heavy atom. The summed E-state index contributed by atoms with van der Waals surface area (Å²) in [5.74, 6) is -37.6. The fourth-order valence-electron chi connectivity index (χ4n) is 2.17. The monoisotopic (exact) mass is 465 g/mol. The molecule has 2 nitrogen and oxygen atoms in total. The van der Waals surface area contributed by atoms with Gasteiger partial charge in [-0.15, -0.1) is 0 Å². The predicted octanol–water partition coefficient (Wildman–Crippen LogP) is 5.72. The molecule has 1 unspecified atom stereocenters. The maximum absolute atomic E-state index is 13.8. The molecule has 1 aromatic rings. The van der Waals surface area contributed by atoms with Gasteiger partial charge in [-0.2, -0.15) is 62.3 Å². The average molecular weight is 465 g/mol. The largest absolute Gasteiger partial charge is 0.460 e. The Hall–Kier alpha value is -2.24. The summed E-state index contributed by atoms with van der Waals surface area (Å²) in [5, 5.41) is 18.3. The molecule has 0 fully saturated rings. The highest BCUT2D eigenvalue weighted by molar-refractivity contribution is 5.38. The van der Waals surface area contributed by atoms with Crippen molar-refractivity contribution in [1.29, 1.82) is 5.26 Å². The quantitative estimate of drug-likeness (QED) is 0.524. The molecule has 0 saturated carbocycles. The molecular formula is C15H8F13NO. The first kappa shape index (κ1) is 25.8. The van der Waals surface area contributed by atoms with Gasteiger partial charge in [0.15, 0.2) is 0 Å². The summed E-state index contributed by atoms with van der Waals surface area (Å²) < 4.78 is 169. The topological polar surface area (TPSA) is 44.0 Å². The molecule has 0 radical (unpaired) electrons. The minimum absolute atomic E-state index is 0.621. The fourth-order valence-corrected chi connectivity index (χ4v) is 2.17. The Labute approximate surface area is 158 Å². The standard InChI is InChI=1S/C15H8F13NO/c16-10(17,5-9(30)8-4-2-1-3-7(8)6-29)11(18,19)12(20,21)13(22,23)14(24,25)15(26,27)28/h1-4,9,30H,5H2. The highest BCUT2D eigenvalue weighted by atomic mass is 19.4. The van der Waals surface area contributed by atoms with Crippen molar-refractivity contribution < 1.29 is 62.2 Å². The Balaban J connectivity index is 3.40. The Kier molecular flexibility index (Phi) is 6.42. The van der Waals surface area contributed by atoms with Gasteiger partial charge in [0.2, 0.25) is 0 Å². The molecule has 0 aliphatic carbocycles. The van der Waals surface area contributed by atoms with Gasteiger partial charge < -0.3 is 5.11 Å². The smallest absolute Gasteiger partial charge is 0.388 e. The first-order valence-electron chi connectivity index (χ1n) is 7.32. The van der Waals surface area contributed by atoms with Crippen LogP contribution >= 0.6 is 0 Å². The second-order valence-corrected chi connectivity index (χ2v) is 5.92. The number of benzene rings is 1. The van der Waals surface area contributed by atoms with Crippen LogP contribution in [-0.2, 0) is 0 Å². The lowest BCUT2D eigenvalue weighted by molar-refractivity contribution is -0.440. The van der Waals surface area contributed by atoms with E-state index in [1.165, 1.54) is 6.07 Å². The van der Waals surface area contributed by atoms with Crippen molar-refractivity contribution in [3.63, 3.8) is 0 Å². The third-order valence-electron chi connectivity index (χ3n) is 3.89. The molecule has 0 amide bonds. The highest BCUT2D eigenvalue weighted by Gasteiger charge is 2.90. The highest BCUT2D eigenvalue weighted by Crippen LogP contribution is 2.61. The Morgan fingerprint density at radius 2 is 1.17 bits per heavy atom. The van der Waals surface area contributed by atoms with Crippen molar-refractivity contribution in [3.8, 4) is 6.07 Å². The van der Waals surface area contributed by atoms with Crippen molar-refractivity contribution >= 4 is 0 Å². The van der Waals surface area contributed by atoms with Gasteiger partial charge in [0.25, 0.3) is 0 Å². The summed E-state index contributed by atoms with van der Waals surface area (Å²) in [4.78, 5) is 0. The fraction of sp³-hybridized carbons (Fsp3) is 0.533. The number of aliphatic hydroxyl groups excluding tert-OH is 1. The molecule has 1 N–H and O–H groups in total. The van der Waals surface area contributed by atoms with Crippen LogP contribution in [0.5, 0.6) is 0 Å². The van der Waals surface area contributed by atoms with E-state index in [9.17, 15) is 62.2 Å². The minimum atomic E-state index is -8.00. The second kappa shape index (κ2) is 7.47. The number of aliphatic hydroxyl groups is 1. The van der Waals surface area contributed by atoms with Crippen LogP contribution in [0.3, 0.4) is 0 Å². The van der Waals surface area contributed by atoms with Crippen LogP contribution in [0.1, 0.15) is 23.7 Å². The molecule has 1 rings (SSSR count). The second-order valence-electron chi connectivity index (χ2n) is 5.92. The van der Waals surface area contributed by atoms with Gasteiger partial charge in [-0.05, 0) is 11.6 Å². The van der Waals surface area contributed by atoms with Gasteiger partial charge in [0.05, 0.1) is 17.7 Å². The van der Waals surface area contributed by atoms with Crippen LogP contribution in [0.25, 0.3) is 0 Å². The van der Waals surface area contributed by atoms with Gasteiger partial charge in [-0.3, -0.25) is 0 Å². The van der Waals surface area contributed by atoms with Crippen molar-refractivity contribution in [2.45, 2.75) is 48.3 Å². The number of halogens is 13. The number of hydrogen-bond donors (Lipinski definition) is 1. The SMILES string of the molecule is N#Cc1ccccc1C(O)CC(F)(F)C(F)(F)C(F)(F)C(F)(F)C(F)(F)C(F)(F)F. The van der Waals surface area contributed by atoms with Crippen LogP contribution < -0.4 is 0 Å². The van der Waals surface area contributed by atoms with Crippen LogP contribution in [0.4, 0.5) is 57.1 Å². The lowest BCUT2D eigenvalue weighted by Crippen LogP contribution is -2.70. The molecule has 0 aliphatic rings. The Morgan fingerprint density at radius 1 is 0.733 bits per heavy atom. The van der Waals surface area contributed by atoms with E-state index in [0.717, 1.165) is 18.2 Å². The van der Waals surface area contributed by atoms with Crippen molar-refractivity contribution in [2.75, 3.05) is 0 Å². The van der Waals surface area contributed by atoms with Crippen LogP contribution in [-0.4, -0.2) is 40.9 Å². The van der Waals surface area contributed by atoms with Crippen molar-refractivity contribution in [2.24, 2.45) is 0 Å². The van der Waals surface area contributed by atoms with Crippen molar-refractivity contribution in [1.82, 2.24) is 0 Å². The van der Waals surface area contributed by atoms with Gasteiger partial charge >= 0.3 is 35.8 Å². The zero-order valence-electron chi connectivity index (χ0n) is 13.9. The molecule has 1 aromatic carbocycles. The van der Waals surface area contributed by atoms with E-state index < -0.39 is 59.4 Å². The molecule has 170 valence electrons. The molecule has 0 heterocycles. The van der Waals surface area contributed by atoms with E-state index in [0.29, 0.717) is 6.07 Å². The number of alkyl halides is 13. The van der Waals surface area contributed by atoms with Crippen molar-refractivity contribution in [3.05, 3.63) is 35.4 Å². The molecule has 0 aromatic heterocycles. The third-order valence-corrected chi connectivity index (χ3v) is 3.89. The van der Waals surface area contributed by atoms with Gasteiger partial charge in [-0.1, -0.05) is 18.2 Å². The number of hydrogen-bond acceptors (Lipinski definition) is 2. The minimum Gasteiger partial charge on any atom is -0.388 e. The van der Waals surface area contributed by atoms with E-state index in [4.69, 9.17) is 5.26 Å². The van der Waals surface area contributed by atoms with Gasteiger partial charge in [-0.25, -0.2) is 0 Å². The Bertz CT molecular complexity index is 809. The number of nitrogens with zero attached hydrogens (tertiary/aromatic N) is 1.